The van der Waals surface area contributed by atoms with Crippen LogP contribution in [0.2, 0.25) is 5.02 Å². The SMILES string of the molecule is CCc1nc(-c2cc(C)cc(C)c2Cl)c(CC)nc1NCCc1ccccc1. The molecular formula is C24H28ClN3. The van der Waals surface area contributed by atoms with Crippen LogP contribution in [-0.2, 0) is 19.3 Å². The summed E-state index contributed by atoms with van der Waals surface area (Å²) in [7, 11) is 0. The molecule has 0 amide bonds. The van der Waals surface area contributed by atoms with E-state index in [0.29, 0.717) is 0 Å². The van der Waals surface area contributed by atoms with Crippen LogP contribution < -0.4 is 5.32 Å². The maximum atomic E-state index is 6.63. The topological polar surface area (TPSA) is 37.8 Å². The molecule has 146 valence electrons. The van der Waals surface area contributed by atoms with Gasteiger partial charge in [0.2, 0.25) is 0 Å². The van der Waals surface area contributed by atoms with Crippen molar-refractivity contribution in [2.45, 2.75) is 47.0 Å². The van der Waals surface area contributed by atoms with E-state index in [1.54, 1.807) is 0 Å². The van der Waals surface area contributed by atoms with Crippen LogP contribution in [0.4, 0.5) is 5.82 Å². The minimum absolute atomic E-state index is 0.765. The molecule has 0 atom stereocenters. The molecule has 0 aliphatic heterocycles. The second kappa shape index (κ2) is 9.20. The van der Waals surface area contributed by atoms with Gasteiger partial charge in [-0.05, 0) is 50.3 Å². The lowest BCUT2D eigenvalue weighted by Crippen LogP contribution is -2.12. The van der Waals surface area contributed by atoms with Gasteiger partial charge in [-0.3, -0.25) is 0 Å². The van der Waals surface area contributed by atoms with Crippen LogP contribution in [0, 0.1) is 13.8 Å². The van der Waals surface area contributed by atoms with Crippen molar-refractivity contribution >= 4 is 17.4 Å². The van der Waals surface area contributed by atoms with Gasteiger partial charge in [0.15, 0.2) is 0 Å². The lowest BCUT2D eigenvalue weighted by atomic mass is 10.0. The van der Waals surface area contributed by atoms with E-state index in [1.807, 2.05) is 13.0 Å². The molecule has 0 saturated heterocycles. The first-order valence-electron chi connectivity index (χ1n) is 9.98. The van der Waals surface area contributed by atoms with Crippen molar-refractivity contribution in [3.05, 3.63) is 75.6 Å². The Morgan fingerprint density at radius 2 is 1.64 bits per heavy atom. The zero-order chi connectivity index (χ0) is 20.1. The van der Waals surface area contributed by atoms with Gasteiger partial charge in [0, 0.05) is 12.1 Å². The van der Waals surface area contributed by atoms with E-state index in [2.05, 4.69) is 62.5 Å². The lowest BCUT2D eigenvalue weighted by molar-refractivity contribution is 0.920. The second-order valence-electron chi connectivity index (χ2n) is 7.13. The number of rotatable bonds is 7. The van der Waals surface area contributed by atoms with Gasteiger partial charge < -0.3 is 5.32 Å². The average Bonchev–Trinajstić information content (AvgIpc) is 2.71. The molecule has 2 aromatic carbocycles. The van der Waals surface area contributed by atoms with Crippen LogP contribution >= 0.6 is 11.6 Å². The molecule has 3 rings (SSSR count). The van der Waals surface area contributed by atoms with Gasteiger partial charge >= 0.3 is 0 Å². The summed E-state index contributed by atoms with van der Waals surface area (Å²) < 4.78 is 0. The Hall–Kier alpha value is -2.39. The summed E-state index contributed by atoms with van der Waals surface area (Å²) in [6.45, 7) is 9.19. The zero-order valence-electron chi connectivity index (χ0n) is 17.1. The molecule has 0 unspecified atom stereocenters. The summed E-state index contributed by atoms with van der Waals surface area (Å²) in [5.41, 5.74) is 7.42. The van der Waals surface area contributed by atoms with Gasteiger partial charge in [-0.25, -0.2) is 9.97 Å². The van der Waals surface area contributed by atoms with E-state index in [-0.39, 0.29) is 0 Å². The quantitative estimate of drug-likeness (QED) is 0.519. The first-order chi connectivity index (χ1) is 13.5. The molecule has 0 fully saturated rings. The molecular weight excluding hydrogens is 366 g/mol. The molecule has 1 aromatic heterocycles. The third-order valence-electron chi connectivity index (χ3n) is 4.91. The summed E-state index contributed by atoms with van der Waals surface area (Å²) >= 11 is 6.63. The van der Waals surface area contributed by atoms with Gasteiger partial charge in [0.1, 0.15) is 5.82 Å². The standard InChI is InChI=1S/C24H28ClN3/c1-5-20-23(19-15-16(3)14-17(4)22(19)25)27-21(6-2)24(28-20)26-13-12-18-10-8-7-9-11-18/h7-11,14-15H,5-6,12-13H2,1-4H3,(H,26,28). The molecule has 0 aliphatic carbocycles. The van der Waals surface area contributed by atoms with E-state index >= 15 is 0 Å². The normalized spacial score (nSPS) is 10.9. The largest absolute Gasteiger partial charge is 0.368 e. The molecule has 3 nitrogen and oxygen atoms in total. The monoisotopic (exact) mass is 393 g/mol. The number of benzene rings is 2. The number of nitrogens with one attached hydrogen (secondary N) is 1. The molecule has 1 heterocycles. The van der Waals surface area contributed by atoms with Crippen molar-refractivity contribution in [1.29, 1.82) is 0 Å². The van der Waals surface area contributed by atoms with Crippen LogP contribution in [-0.4, -0.2) is 16.5 Å². The Bertz CT molecular complexity index is 952. The van der Waals surface area contributed by atoms with Crippen molar-refractivity contribution in [2.24, 2.45) is 0 Å². The molecule has 0 bridgehead atoms. The van der Waals surface area contributed by atoms with Crippen molar-refractivity contribution in [3.63, 3.8) is 0 Å². The maximum absolute atomic E-state index is 6.63. The minimum atomic E-state index is 0.765. The molecule has 4 heteroatoms. The maximum Gasteiger partial charge on any atom is 0.148 e. The predicted octanol–water partition coefficient (Wildman–Crippen LogP) is 6.19. The molecule has 0 radical (unpaired) electrons. The number of hydrogen-bond donors (Lipinski definition) is 1. The average molecular weight is 394 g/mol. The number of aromatic nitrogens is 2. The predicted molar refractivity (Wildman–Crippen MR) is 119 cm³/mol. The fourth-order valence-corrected chi connectivity index (χ4v) is 3.65. The highest BCUT2D eigenvalue weighted by Crippen LogP contribution is 2.33. The van der Waals surface area contributed by atoms with Crippen LogP contribution in [0.25, 0.3) is 11.3 Å². The summed E-state index contributed by atoms with van der Waals surface area (Å²) in [6.07, 6.45) is 2.58. The van der Waals surface area contributed by atoms with Crippen molar-refractivity contribution in [3.8, 4) is 11.3 Å². The van der Waals surface area contributed by atoms with Gasteiger partial charge in [0.05, 0.1) is 22.1 Å². The Morgan fingerprint density at radius 3 is 2.32 bits per heavy atom. The molecule has 0 saturated carbocycles. The molecule has 28 heavy (non-hydrogen) atoms. The van der Waals surface area contributed by atoms with E-state index in [0.717, 1.165) is 64.9 Å². The van der Waals surface area contributed by atoms with Crippen LogP contribution in [0.15, 0.2) is 42.5 Å². The van der Waals surface area contributed by atoms with E-state index in [1.165, 1.54) is 11.1 Å². The molecule has 0 aliphatic rings. The number of halogens is 1. The Morgan fingerprint density at radius 1 is 0.929 bits per heavy atom. The highest BCUT2D eigenvalue weighted by molar-refractivity contribution is 6.34. The first-order valence-corrected chi connectivity index (χ1v) is 10.4. The Labute approximate surface area is 173 Å². The van der Waals surface area contributed by atoms with E-state index in [9.17, 15) is 0 Å². The summed E-state index contributed by atoms with van der Waals surface area (Å²) in [5.74, 6) is 0.888. The second-order valence-corrected chi connectivity index (χ2v) is 7.51. The molecule has 1 N–H and O–H groups in total. The highest BCUT2D eigenvalue weighted by atomic mass is 35.5. The van der Waals surface area contributed by atoms with Gasteiger partial charge in [-0.2, -0.15) is 0 Å². The third kappa shape index (κ3) is 4.53. The Kier molecular flexibility index (Phi) is 6.69. The summed E-state index contributed by atoms with van der Waals surface area (Å²) in [4.78, 5) is 9.93. The minimum Gasteiger partial charge on any atom is -0.368 e. The van der Waals surface area contributed by atoms with Crippen molar-refractivity contribution in [1.82, 2.24) is 9.97 Å². The Balaban J connectivity index is 1.92. The fourth-order valence-electron chi connectivity index (χ4n) is 3.45. The van der Waals surface area contributed by atoms with Crippen molar-refractivity contribution < 1.29 is 0 Å². The van der Waals surface area contributed by atoms with Gasteiger partial charge in [0.25, 0.3) is 0 Å². The number of anilines is 1. The zero-order valence-corrected chi connectivity index (χ0v) is 17.9. The van der Waals surface area contributed by atoms with Crippen LogP contribution in [0.3, 0.4) is 0 Å². The third-order valence-corrected chi connectivity index (χ3v) is 5.41. The number of nitrogens with zero attached hydrogens (tertiary/aromatic N) is 2. The molecule has 3 aromatic rings. The van der Waals surface area contributed by atoms with Gasteiger partial charge in [-0.1, -0.05) is 67.4 Å². The summed E-state index contributed by atoms with van der Waals surface area (Å²) in [6, 6.07) is 14.7. The first kappa shape index (κ1) is 20.3. The summed E-state index contributed by atoms with van der Waals surface area (Å²) in [5, 5.41) is 4.26. The number of aryl methyl sites for hydroxylation is 4. The lowest BCUT2D eigenvalue weighted by Gasteiger charge is -2.16. The molecule has 0 spiro atoms. The smallest absolute Gasteiger partial charge is 0.148 e. The fraction of sp³-hybridized carbons (Fsp3) is 0.333. The van der Waals surface area contributed by atoms with E-state index < -0.39 is 0 Å². The number of hydrogen-bond acceptors (Lipinski definition) is 3. The van der Waals surface area contributed by atoms with E-state index in [4.69, 9.17) is 21.6 Å². The van der Waals surface area contributed by atoms with Crippen LogP contribution in [0.1, 0.15) is 41.9 Å². The van der Waals surface area contributed by atoms with Gasteiger partial charge in [-0.15, -0.1) is 0 Å². The van der Waals surface area contributed by atoms with Crippen molar-refractivity contribution in [2.75, 3.05) is 11.9 Å². The van der Waals surface area contributed by atoms with Crippen LogP contribution in [0.5, 0.6) is 0 Å². The highest BCUT2D eigenvalue weighted by Gasteiger charge is 2.17.